The number of hydrogen-bond acceptors (Lipinski definition) is 6. The molecule has 0 bridgehead atoms. The summed E-state index contributed by atoms with van der Waals surface area (Å²) in [4.78, 5) is 17.2. The Bertz CT molecular complexity index is 1230. The van der Waals surface area contributed by atoms with Gasteiger partial charge in [-0.3, -0.25) is 4.79 Å². The summed E-state index contributed by atoms with van der Waals surface area (Å²) in [6.07, 6.45) is 0. The van der Waals surface area contributed by atoms with Gasteiger partial charge in [0.25, 0.3) is 5.91 Å². The third-order valence-electron chi connectivity index (χ3n) is 5.87. The quantitative estimate of drug-likeness (QED) is 0.546. The average molecular weight is 469 g/mol. The maximum Gasteiger partial charge on any atom is 0.289 e. The molecule has 1 saturated heterocycles. The van der Waals surface area contributed by atoms with Crippen LogP contribution in [0.5, 0.6) is 5.75 Å². The molecule has 1 amide bonds. The Hall–Kier alpha value is -3.26. The fourth-order valence-corrected chi connectivity index (χ4v) is 5.36. The number of amides is 1. The van der Waals surface area contributed by atoms with Crippen molar-refractivity contribution in [3.63, 3.8) is 0 Å². The number of carbonyl (C=O) groups is 1. The first-order valence-electron chi connectivity index (χ1n) is 10.8. The zero-order chi connectivity index (χ0) is 23.6. The maximum atomic E-state index is 13.0. The van der Waals surface area contributed by atoms with E-state index in [4.69, 9.17) is 9.15 Å². The summed E-state index contributed by atoms with van der Waals surface area (Å²) in [6, 6.07) is 17.8. The second-order valence-electron chi connectivity index (χ2n) is 8.33. The van der Waals surface area contributed by atoms with Gasteiger partial charge < -0.3 is 19.0 Å². The van der Waals surface area contributed by atoms with Gasteiger partial charge in [-0.2, -0.15) is 0 Å². The number of piperazine rings is 1. The molecule has 33 heavy (non-hydrogen) atoms. The number of aryl methyl sites for hydroxylation is 1. The van der Waals surface area contributed by atoms with Crippen molar-refractivity contribution in [2.75, 3.05) is 31.6 Å². The van der Waals surface area contributed by atoms with Gasteiger partial charge >= 0.3 is 0 Å². The number of hydrogen-bond donors (Lipinski definition) is 0. The number of sulfone groups is 1. The predicted molar refractivity (Wildman–Crippen MR) is 126 cm³/mol. The molecule has 3 aromatic rings. The van der Waals surface area contributed by atoms with E-state index in [0.717, 1.165) is 12.2 Å². The second kappa shape index (κ2) is 9.31. The number of furan rings is 1. The zero-order valence-electron chi connectivity index (χ0n) is 19.0. The lowest BCUT2D eigenvalue weighted by Crippen LogP contribution is -2.53. The Balaban J connectivity index is 1.41. The highest BCUT2D eigenvalue weighted by Crippen LogP contribution is 2.24. The van der Waals surface area contributed by atoms with Crippen molar-refractivity contribution in [3.05, 3.63) is 77.7 Å². The number of nitrogens with zero attached hydrogens (tertiary/aromatic N) is 2. The zero-order valence-corrected chi connectivity index (χ0v) is 19.8. The number of methoxy groups -OCH3 is 1. The summed E-state index contributed by atoms with van der Waals surface area (Å²) in [6.45, 7) is 6.01. The molecule has 1 aliphatic heterocycles. The van der Waals surface area contributed by atoms with Gasteiger partial charge in [0.2, 0.25) is 0 Å². The van der Waals surface area contributed by atoms with Crippen LogP contribution >= 0.6 is 0 Å². The van der Waals surface area contributed by atoms with Crippen molar-refractivity contribution >= 4 is 21.4 Å². The first-order valence-corrected chi connectivity index (χ1v) is 12.5. The molecule has 1 fully saturated rings. The van der Waals surface area contributed by atoms with Gasteiger partial charge in [-0.25, -0.2) is 8.42 Å². The first-order chi connectivity index (χ1) is 15.8. The summed E-state index contributed by atoms with van der Waals surface area (Å²) in [5, 5.41) is 0. The minimum atomic E-state index is -3.61. The standard InChI is InChI=1S/C25H28N2O5S/c1-18-5-4-6-20(15-18)27-14-13-26(16-19(27)2)25(28)24-12-9-22(32-24)17-33(29,30)23-10-7-21(31-3)8-11-23/h4-12,15,19H,13-14,16-17H2,1-3H3/t19-/m1/s1. The first kappa shape index (κ1) is 22.9. The van der Waals surface area contributed by atoms with Crippen molar-refractivity contribution in [3.8, 4) is 5.75 Å². The molecular weight excluding hydrogens is 440 g/mol. The number of rotatable bonds is 6. The van der Waals surface area contributed by atoms with Crippen LogP contribution in [0.3, 0.4) is 0 Å². The van der Waals surface area contributed by atoms with Crippen LogP contribution in [0.2, 0.25) is 0 Å². The Morgan fingerprint density at radius 1 is 1.09 bits per heavy atom. The fourth-order valence-electron chi connectivity index (χ4n) is 4.11. The molecule has 1 aliphatic rings. The van der Waals surface area contributed by atoms with Crippen LogP contribution in [-0.2, 0) is 15.6 Å². The molecule has 0 spiro atoms. The SMILES string of the molecule is COc1ccc(S(=O)(=O)Cc2ccc(C(=O)N3CCN(c4cccc(C)c4)[C@H](C)C3)o2)cc1. The van der Waals surface area contributed by atoms with Crippen LogP contribution in [0.15, 0.2) is 70.0 Å². The van der Waals surface area contributed by atoms with Crippen LogP contribution in [0.1, 0.15) is 28.8 Å². The minimum absolute atomic E-state index is 0.148. The van der Waals surface area contributed by atoms with Gasteiger partial charge in [0.05, 0.1) is 12.0 Å². The van der Waals surface area contributed by atoms with Crippen molar-refractivity contribution in [2.45, 2.75) is 30.5 Å². The van der Waals surface area contributed by atoms with Crippen LogP contribution in [0.25, 0.3) is 0 Å². The number of ether oxygens (including phenoxy) is 1. The molecule has 8 heteroatoms. The van der Waals surface area contributed by atoms with Crippen molar-refractivity contribution < 1.29 is 22.4 Å². The number of carbonyl (C=O) groups excluding carboxylic acids is 1. The monoisotopic (exact) mass is 468 g/mol. The molecule has 1 aromatic heterocycles. The van der Waals surface area contributed by atoms with E-state index >= 15 is 0 Å². The Kier molecular flexibility index (Phi) is 6.47. The fraction of sp³-hybridized carbons (Fsp3) is 0.320. The van der Waals surface area contributed by atoms with E-state index in [-0.39, 0.29) is 34.1 Å². The molecule has 1 atom stereocenters. The van der Waals surface area contributed by atoms with Crippen LogP contribution in [0, 0.1) is 6.92 Å². The molecule has 0 saturated carbocycles. The van der Waals surface area contributed by atoms with E-state index in [1.165, 1.54) is 24.8 Å². The molecule has 0 unspecified atom stereocenters. The van der Waals surface area contributed by atoms with E-state index in [1.807, 2.05) is 6.07 Å². The van der Waals surface area contributed by atoms with Crippen LogP contribution in [0.4, 0.5) is 5.69 Å². The normalized spacial score (nSPS) is 16.6. The Labute approximate surface area is 194 Å². The largest absolute Gasteiger partial charge is 0.497 e. The highest BCUT2D eigenvalue weighted by Gasteiger charge is 2.29. The lowest BCUT2D eigenvalue weighted by molar-refractivity contribution is 0.0692. The third-order valence-corrected chi connectivity index (χ3v) is 7.53. The topological polar surface area (TPSA) is 80.1 Å². The van der Waals surface area contributed by atoms with Gasteiger partial charge in [0.15, 0.2) is 15.6 Å². The van der Waals surface area contributed by atoms with Crippen LogP contribution < -0.4 is 9.64 Å². The summed E-state index contributed by atoms with van der Waals surface area (Å²) in [5.41, 5.74) is 2.35. The van der Waals surface area contributed by atoms with Crippen molar-refractivity contribution in [1.82, 2.24) is 4.90 Å². The smallest absolute Gasteiger partial charge is 0.289 e. The van der Waals surface area contributed by atoms with Gasteiger partial charge in [-0.1, -0.05) is 12.1 Å². The third kappa shape index (κ3) is 5.06. The predicted octanol–water partition coefficient (Wildman–Crippen LogP) is 3.92. The van der Waals surface area contributed by atoms with Crippen molar-refractivity contribution in [1.29, 1.82) is 0 Å². The van der Waals surface area contributed by atoms with E-state index in [2.05, 4.69) is 36.9 Å². The maximum absolute atomic E-state index is 13.0. The van der Waals surface area contributed by atoms with E-state index in [0.29, 0.717) is 18.8 Å². The summed E-state index contributed by atoms with van der Waals surface area (Å²) in [5.74, 6) is 0.437. The molecule has 174 valence electrons. The second-order valence-corrected chi connectivity index (χ2v) is 10.3. The molecule has 0 radical (unpaired) electrons. The lowest BCUT2D eigenvalue weighted by atomic mass is 10.1. The molecule has 0 N–H and O–H groups in total. The Morgan fingerprint density at radius 2 is 1.85 bits per heavy atom. The molecule has 2 aromatic carbocycles. The molecule has 7 nitrogen and oxygen atoms in total. The average Bonchev–Trinajstić information content (AvgIpc) is 3.26. The van der Waals surface area contributed by atoms with E-state index in [9.17, 15) is 13.2 Å². The van der Waals surface area contributed by atoms with Crippen molar-refractivity contribution in [2.24, 2.45) is 0 Å². The number of benzene rings is 2. The van der Waals surface area contributed by atoms with Gasteiger partial charge in [-0.15, -0.1) is 0 Å². The number of anilines is 1. The summed E-state index contributed by atoms with van der Waals surface area (Å²) < 4.78 is 36.2. The van der Waals surface area contributed by atoms with E-state index in [1.54, 1.807) is 29.2 Å². The highest BCUT2D eigenvalue weighted by atomic mass is 32.2. The minimum Gasteiger partial charge on any atom is -0.497 e. The van der Waals surface area contributed by atoms with E-state index < -0.39 is 9.84 Å². The lowest BCUT2D eigenvalue weighted by Gasteiger charge is -2.41. The van der Waals surface area contributed by atoms with Gasteiger partial charge in [-0.05, 0) is 67.9 Å². The molecule has 2 heterocycles. The molecule has 4 rings (SSSR count). The molecule has 0 aliphatic carbocycles. The van der Waals surface area contributed by atoms with Gasteiger partial charge in [0.1, 0.15) is 17.3 Å². The Morgan fingerprint density at radius 3 is 2.52 bits per heavy atom. The summed E-state index contributed by atoms with van der Waals surface area (Å²) in [7, 11) is -2.08. The van der Waals surface area contributed by atoms with Crippen LogP contribution in [-0.4, -0.2) is 52.0 Å². The van der Waals surface area contributed by atoms with Gasteiger partial charge in [0, 0.05) is 31.4 Å². The summed E-state index contributed by atoms with van der Waals surface area (Å²) >= 11 is 0. The highest BCUT2D eigenvalue weighted by molar-refractivity contribution is 7.90. The molecular formula is C25H28N2O5S.